The molecule has 24 heavy (non-hydrogen) atoms. The predicted molar refractivity (Wildman–Crippen MR) is 100 cm³/mol. The van der Waals surface area contributed by atoms with Crippen molar-refractivity contribution in [1.29, 1.82) is 0 Å². The van der Waals surface area contributed by atoms with Crippen LogP contribution in [-0.4, -0.2) is 5.11 Å². The maximum atomic E-state index is 10.9. The first-order valence-electron chi connectivity index (χ1n) is 8.93. The van der Waals surface area contributed by atoms with Crippen LogP contribution < -0.4 is 4.74 Å². The molecule has 0 aliphatic rings. The van der Waals surface area contributed by atoms with Gasteiger partial charge >= 0.3 is 0 Å². The van der Waals surface area contributed by atoms with Crippen LogP contribution >= 0.6 is 0 Å². The Morgan fingerprint density at radius 1 is 0.917 bits per heavy atom. The summed E-state index contributed by atoms with van der Waals surface area (Å²) in [4.78, 5) is 0. The molecule has 2 aromatic rings. The average molecular weight is 326 g/mol. The van der Waals surface area contributed by atoms with E-state index in [2.05, 4.69) is 71.0 Å². The minimum atomic E-state index is -0.480. The zero-order chi connectivity index (χ0) is 17.7. The van der Waals surface area contributed by atoms with Gasteiger partial charge < -0.3 is 9.84 Å². The molecule has 0 heterocycles. The normalized spacial score (nSPS) is 12.5. The third kappa shape index (κ3) is 4.39. The van der Waals surface area contributed by atoms with Gasteiger partial charge in [0.05, 0.1) is 6.10 Å². The van der Waals surface area contributed by atoms with Gasteiger partial charge in [0.2, 0.25) is 0 Å². The fourth-order valence-corrected chi connectivity index (χ4v) is 3.23. The molecule has 1 N–H and O–H groups in total. The van der Waals surface area contributed by atoms with Gasteiger partial charge in [-0.1, -0.05) is 68.1 Å². The minimum absolute atomic E-state index is 0.257. The standard InChI is InChI=1S/C22H30O2/c1-6-19(7-2)21(23)20-13-16(4)12-17(5)22(20)24-14-18-10-8-15(3)9-11-18/h8-13,19,21,23H,6-7,14H2,1-5H3. The topological polar surface area (TPSA) is 29.5 Å². The maximum Gasteiger partial charge on any atom is 0.128 e. The summed E-state index contributed by atoms with van der Waals surface area (Å²) in [6, 6.07) is 12.6. The zero-order valence-corrected chi connectivity index (χ0v) is 15.6. The van der Waals surface area contributed by atoms with Gasteiger partial charge in [-0.25, -0.2) is 0 Å². The molecular formula is C22H30O2. The lowest BCUT2D eigenvalue weighted by atomic mass is 9.89. The molecule has 0 bridgehead atoms. The largest absolute Gasteiger partial charge is 0.488 e. The number of rotatable bonds is 7. The lowest BCUT2D eigenvalue weighted by Gasteiger charge is -2.24. The summed E-state index contributed by atoms with van der Waals surface area (Å²) in [5.74, 6) is 1.09. The van der Waals surface area contributed by atoms with Gasteiger partial charge in [0.25, 0.3) is 0 Å². The molecular weight excluding hydrogens is 296 g/mol. The molecule has 2 rings (SSSR count). The Kier molecular flexibility index (Phi) is 6.44. The lowest BCUT2D eigenvalue weighted by Crippen LogP contribution is -2.13. The molecule has 0 aromatic heterocycles. The number of aliphatic hydroxyl groups excluding tert-OH is 1. The predicted octanol–water partition coefficient (Wildman–Crippen LogP) is 5.66. The number of benzene rings is 2. The minimum Gasteiger partial charge on any atom is -0.488 e. The Hall–Kier alpha value is -1.80. The summed E-state index contributed by atoms with van der Waals surface area (Å²) in [6.07, 6.45) is 1.44. The second kappa shape index (κ2) is 8.34. The second-order valence-electron chi connectivity index (χ2n) is 6.80. The third-order valence-corrected chi connectivity index (χ3v) is 4.77. The molecule has 0 saturated heterocycles. The third-order valence-electron chi connectivity index (χ3n) is 4.77. The van der Waals surface area contributed by atoms with E-state index in [-0.39, 0.29) is 5.92 Å². The van der Waals surface area contributed by atoms with E-state index < -0.39 is 6.10 Å². The highest BCUT2D eigenvalue weighted by Crippen LogP contribution is 2.36. The van der Waals surface area contributed by atoms with Gasteiger partial charge in [-0.2, -0.15) is 0 Å². The van der Waals surface area contributed by atoms with E-state index in [0.29, 0.717) is 6.61 Å². The molecule has 0 amide bonds. The van der Waals surface area contributed by atoms with E-state index >= 15 is 0 Å². The highest BCUT2D eigenvalue weighted by Gasteiger charge is 2.22. The fourth-order valence-electron chi connectivity index (χ4n) is 3.23. The van der Waals surface area contributed by atoms with Crippen molar-refractivity contribution in [3.63, 3.8) is 0 Å². The Balaban J connectivity index is 2.29. The molecule has 1 atom stereocenters. The van der Waals surface area contributed by atoms with E-state index in [1.807, 2.05) is 0 Å². The van der Waals surface area contributed by atoms with Crippen molar-refractivity contribution < 1.29 is 9.84 Å². The second-order valence-corrected chi connectivity index (χ2v) is 6.80. The quantitative estimate of drug-likeness (QED) is 0.711. The van der Waals surface area contributed by atoms with Crippen LogP contribution in [0.2, 0.25) is 0 Å². The van der Waals surface area contributed by atoms with Crippen molar-refractivity contribution in [3.05, 3.63) is 64.2 Å². The number of hydrogen-bond acceptors (Lipinski definition) is 2. The number of hydrogen-bond donors (Lipinski definition) is 1. The van der Waals surface area contributed by atoms with Crippen LogP contribution in [0.4, 0.5) is 0 Å². The summed E-state index contributed by atoms with van der Waals surface area (Å²) in [7, 11) is 0. The van der Waals surface area contributed by atoms with Crippen LogP contribution in [0, 0.1) is 26.7 Å². The summed E-state index contributed by atoms with van der Waals surface area (Å²) in [6.45, 7) is 11.0. The van der Waals surface area contributed by atoms with Crippen molar-refractivity contribution in [2.45, 2.75) is 60.2 Å². The monoisotopic (exact) mass is 326 g/mol. The first-order valence-corrected chi connectivity index (χ1v) is 8.93. The van der Waals surface area contributed by atoms with Crippen molar-refractivity contribution in [2.75, 3.05) is 0 Å². The van der Waals surface area contributed by atoms with Crippen molar-refractivity contribution >= 4 is 0 Å². The molecule has 0 radical (unpaired) electrons. The molecule has 0 fully saturated rings. The van der Waals surface area contributed by atoms with Crippen LogP contribution in [0.1, 0.15) is 60.6 Å². The van der Waals surface area contributed by atoms with Crippen molar-refractivity contribution in [2.24, 2.45) is 5.92 Å². The Labute approximate surface area is 146 Å². The zero-order valence-electron chi connectivity index (χ0n) is 15.6. The van der Waals surface area contributed by atoms with Crippen LogP contribution in [0.15, 0.2) is 36.4 Å². The number of ether oxygens (including phenoxy) is 1. The van der Waals surface area contributed by atoms with E-state index in [4.69, 9.17) is 4.74 Å². The first kappa shape index (κ1) is 18.5. The molecule has 0 saturated carbocycles. The number of aliphatic hydroxyl groups is 1. The van der Waals surface area contributed by atoms with Crippen LogP contribution in [0.5, 0.6) is 5.75 Å². The molecule has 1 unspecified atom stereocenters. The summed E-state index contributed by atoms with van der Waals surface area (Å²) < 4.78 is 6.15. The van der Waals surface area contributed by atoms with Crippen LogP contribution in [-0.2, 0) is 6.61 Å². The van der Waals surface area contributed by atoms with Crippen molar-refractivity contribution in [3.8, 4) is 5.75 Å². The van der Waals surface area contributed by atoms with E-state index in [0.717, 1.165) is 40.8 Å². The highest BCUT2D eigenvalue weighted by atomic mass is 16.5. The summed E-state index contributed by atoms with van der Waals surface area (Å²) in [5.41, 5.74) is 5.56. The molecule has 2 nitrogen and oxygen atoms in total. The average Bonchev–Trinajstić information content (AvgIpc) is 2.56. The molecule has 2 aromatic carbocycles. The lowest BCUT2D eigenvalue weighted by molar-refractivity contribution is 0.0988. The van der Waals surface area contributed by atoms with Gasteiger partial charge in [-0.05, 0) is 43.9 Å². The Morgan fingerprint density at radius 3 is 2.12 bits per heavy atom. The Morgan fingerprint density at radius 2 is 1.54 bits per heavy atom. The van der Waals surface area contributed by atoms with Crippen molar-refractivity contribution in [1.82, 2.24) is 0 Å². The van der Waals surface area contributed by atoms with Gasteiger partial charge in [-0.3, -0.25) is 0 Å². The molecule has 0 aliphatic carbocycles. The van der Waals surface area contributed by atoms with E-state index in [9.17, 15) is 5.11 Å². The molecule has 0 aliphatic heterocycles. The van der Waals surface area contributed by atoms with Gasteiger partial charge in [0, 0.05) is 5.56 Å². The van der Waals surface area contributed by atoms with Gasteiger partial charge in [-0.15, -0.1) is 0 Å². The molecule has 0 spiro atoms. The summed E-state index contributed by atoms with van der Waals surface area (Å²) in [5, 5.41) is 10.9. The Bertz CT molecular complexity index is 654. The van der Waals surface area contributed by atoms with Crippen LogP contribution in [0.3, 0.4) is 0 Å². The highest BCUT2D eigenvalue weighted by molar-refractivity contribution is 5.45. The van der Waals surface area contributed by atoms with E-state index in [1.165, 1.54) is 5.56 Å². The van der Waals surface area contributed by atoms with Crippen LogP contribution in [0.25, 0.3) is 0 Å². The molecule has 2 heteroatoms. The van der Waals surface area contributed by atoms with Gasteiger partial charge in [0.15, 0.2) is 0 Å². The maximum absolute atomic E-state index is 10.9. The smallest absolute Gasteiger partial charge is 0.128 e. The number of aryl methyl sites for hydroxylation is 3. The van der Waals surface area contributed by atoms with E-state index in [1.54, 1.807) is 0 Å². The van der Waals surface area contributed by atoms with Gasteiger partial charge in [0.1, 0.15) is 12.4 Å². The summed E-state index contributed by atoms with van der Waals surface area (Å²) >= 11 is 0. The fraction of sp³-hybridized carbons (Fsp3) is 0.455. The first-order chi connectivity index (χ1) is 11.5. The SMILES string of the molecule is CCC(CC)C(O)c1cc(C)cc(C)c1OCc1ccc(C)cc1. The molecule has 130 valence electrons.